The molecular weight excluding hydrogens is 460 g/mol. The Labute approximate surface area is 210 Å². The third-order valence-corrected chi connectivity index (χ3v) is 5.77. The average molecular weight is 495 g/mol. The van der Waals surface area contributed by atoms with Crippen molar-refractivity contribution in [2.45, 2.75) is 51.5 Å². The molecule has 1 amide bonds. The maximum absolute atomic E-state index is 12.8. The summed E-state index contributed by atoms with van der Waals surface area (Å²) in [7, 11) is 1.60. The number of anilines is 1. The summed E-state index contributed by atoms with van der Waals surface area (Å²) < 4.78 is 6.63. The van der Waals surface area contributed by atoms with Crippen molar-refractivity contribution in [1.82, 2.24) is 25.1 Å². The summed E-state index contributed by atoms with van der Waals surface area (Å²) in [5, 5.41) is 17.2. The largest absolute Gasteiger partial charge is 0.387 e. The van der Waals surface area contributed by atoms with Crippen LogP contribution in [0.2, 0.25) is 0 Å². The molecule has 2 heterocycles. The topological polar surface area (TPSA) is 167 Å². The van der Waals surface area contributed by atoms with Crippen molar-refractivity contribution in [3.05, 3.63) is 60.2 Å². The summed E-state index contributed by atoms with van der Waals surface area (Å²) in [4.78, 5) is 25.0. The molecule has 0 saturated heterocycles. The number of nitrogens with one attached hydrogen (secondary N) is 1. The van der Waals surface area contributed by atoms with E-state index in [4.69, 9.17) is 16.2 Å². The van der Waals surface area contributed by atoms with Gasteiger partial charge < -0.3 is 21.3 Å². The fourth-order valence-electron chi connectivity index (χ4n) is 3.63. The van der Waals surface area contributed by atoms with Crippen molar-refractivity contribution in [3.63, 3.8) is 0 Å². The Bertz CT molecular complexity index is 1140. The summed E-state index contributed by atoms with van der Waals surface area (Å²) in [6.45, 7) is 4.60. The molecule has 0 aliphatic rings. The maximum atomic E-state index is 12.8. The molecule has 11 nitrogen and oxygen atoms in total. The number of nitrogens with two attached hydrogens (primary N) is 2. The molecular formula is C25H34N8O3. The van der Waals surface area contributed by atoms with Crippen molar-refractivity contribution >= 4 is 17.7 Å². The van der Waals surface area contributed by atoms with E-state index >= 15 is 0 Å². The van der Waals surface area contributed by atoms with Crippen LogP contribution in [0.4, 0.5) is 5.95 Å². The Balaban J connectivity index is 1.68. The number of carbonyl (C=O) groups is 1. The number of carbonyl (C=O) groups excluding carboxylic acids is 1. The predicted molar refractivity (Wildman–Crippen MR) is 138 cm³/mol. The molecule has 0 aliphatic heterocycles. The van der Waals surface area contributed by atoms with E-state index in [9.17, 15) is 9.90 Å². The van der Waals surface area contributed by atoms with Crippen LogP contribution in [-0.4, -0.2) is 62.6 Å². The molecule has 6 N–H and O–H groups in total. The number of amidine groups is 1. The van der Waals surface area contributed by atoms with Gasteiger partial charge in [0, 0.05) is 43.7 Å². The average Bonchev–Trinajstić information content (AvgIpc) is 3.35. The van der Waals surface area contributed by atoms with Gasteiger partial charge in [-0.25, -0.2) is 9.97 Å². The van der Waals surface area contributed by atoms with Gasteiger partial charge in [-0.1, -0.05) is 37.6 Å². The molecule has 0 aliphatic carbocycles. The van der Waals surface area contributed by atoms with Gasteiger partial charge in [0.15, 0.2) is 0 Å². The van der Waals surface area contributed by atoms with Crippen LogP contribution in [0.3, 0.4) is 0 Å². The lowest BCUT2D eigenvalue weighted by Crippen LogP contribution is -2.38. The molecule has 3 rings (SSSR count). The van der Waals surface area contributed by atoms with Gasteiger partial charge in [0.1, 0.15) is 12.1 Å². The number of hydrogen-bond donors (Lipinski definition) is 4. The number of benzene rings is 1. The summed E-state index contributed by atoms with van der Waals surface area (Å²) in [6.07, 6.45) is 7.04. The van der Waals surface area contributed by atoms with Crippen LogP contribution in [0.15, 0.2) is 54.0 Å². The SMILES string of the molecule is CCCC(C(N)=NC(=O)c1cnn(CC(O)NCC(C)OC)c1)c1ccc(-c2cnc(N)nc2)cc1. The Morgan fingerprint density at radius 2 is 1.89 bits per heavy atom. The van der Waals surface area contributed by atoms with Crippen LogP contribution in [-0.2, 0) is 11.3 Å². The van der Waals surface area contributed by atoms with Crippen LogP contribution in [0.1, 0.15) is 48.5 Å². The molecule has 36 heavy (non-hydrogen) atoms. The quantitative estimate of drug-likeness (QED) is 0.167. The first-order valence-corrected chi connectivity index (χ1v) is 11.8. The van der Waals surface area contributed by atoms with Gasteiger partial charge in [-0.15, -0.1) is 0 Å². The lowest BCUT2D eigenvalue weighted by atomic mass is 9.92. The zero-order chi connectivity index (χ0) is 26.1. The van der Waals surface area contributed by atoms with E-state index in [1.54, 1.807) is 25.7 Å². The molecule has 192 valence electrons. The van der Waals surface area contributed by atoms with Crippen molar-refractivity contribution in [3.8, 4) is 11.1 Å². The Hall–Kier alpha value is -3.67. The van der Waals surface area contributed by atoms with Crippen LogP contribution in [0.25, 0.3) is 11.1 Å². The van der Waals surface area contributed by atoms with Crippen LogP contribution in [0, 0.1) is 0 Å². The highest BCUT2D eigenvalue weighted by molar-refractivity contribution is 6.04. The second-order valence-corrected chi connectivity index (χ2v) is 8.56. The van der Waals surface area contributed by atoms with Gasteiger partial charge >= 0.3 is 0 Å². The normalized spacial score (nSPS) is 14.4. The highest BCUT2D eigenvalue weighted by Gasteiger charge is 2.18. The number of aromatic nitrogens is 4. The van der Waals surface area contributed by atoms with Crippen molar-refractivity contribution in [2.24, 2.45) is 10.7 Å². The van der Waals surface area contributed by atoms with E-state index in [2.05, 4.69) is 32.3 Å². The van der Waals surface area contributed by atoms with Crippen molar-refractivity contribution in [1.29, 1.82) is 0 Å². The van der Waals surface area contributed by atoms with Crippen molar-refractivity contribution in [2.75, 3.05) is 19.4 Å². The number of nitrogens with zero attached hydrogens (tertiary/aromatic N) is 5. The minimum absolute atomic E-state index is 0.0364. The Kier molecular flexibility index (Phi) is 9.62. The molecule has 1 aromatic carbocycles. The van der Waals surface area contributed by atoms with Gasteiger partial charge in [0.25, 0.3) is 5.91 Å². The molecule has 0 spiro atoms. The maximum Gasteiger partial charge on any atom is 0.281 e. The van der Waals surface area contributed by atoms with Gasteiger partial charge in [-0.2, -0.15) is 10.1 Å². The van der Waals surface area contributed by atoms with Crippen LogP contribution < -0.4 is 16.8 Å². The number of ether oxygens (including phenoxy) is 1. The minimum atomic E-state index is -0.837. The molecule has 3 atom stereocenters. The zero-order valence-electron chi connectivity index (χ0n) is 20.8. The molecule has 2 aromatic heterocycles. The highest BCUT2D eigenvalue weighted by atomic mass is 16.5. The van der Waals surface area contributed by atoms with E-state index in [0.717, 1.165) is 29.5 Å². The predicted octanol–water partition coefficient (Wildman–Crippen LogP) is 1.95. The smallest absolute Gasteiger partial charge is 0.281 e. The second-order valence-electron chi connectivity index (χ2n) is 8.56. The molecule has 0 saturated carbocycles. The number of hydrogen-bond acceptors (Lipinski definition) is 8. The first-order valence-electron chi connectivity index (χ1n) is 11.8. The molecule has 3 aromatic rings. The zero-order valence-corrected chi connectivity index (χ0v) is 20.8. The monoisotopic (exact) mass is 494 g/mol. The lowest BCUT2D eigenvalue weighted by Gasteiger charge is -2.16. The number of aliphatic hydroxyl groups is 1. The summed E-state index contributed by atoms with van der Waals surface area (Å²) in [5.41, 5.74) is 14.9. The summed E-state index contributed by atoms with van der Waals surface area (Å²) in [6, 6.07) is 7.85. The van der Waals surface area contributed by atoms with E-state index in [1.807, 2.05) is 31.2 Å². The molecule has 0 bridgehead atoms. The standard InChI is InChI=1S/C25H34N8O3/c1-4-5-21(18-8-6-17(7-9-18)19-11-29-25(27)30-12-19)23(26)32-24(35)20-13-31-33(14-20)15-22(34)28-10-16(2)36-3/h6-9,11-14,16,21-22,28,34H,4-5,10,15H2,1-3H3,(H2,26,32,35)(H2,27,29,30). The van der Waals surface area contributed by atoms with Crippen LogP contribution >= 0.6 is 0 Å². The molecule has 0 radical (unpaired) electrons. The van der Waals surface area contributed by atoms with Gasteiger partial charge in [0.05, 0.1) is 24.4 Å². The third-order valence-electron chi connectivity index (χ3n) is 5.77. The number of rotatable bonds is 12. The lowest BCUT2D eigenvalue weighted by molar-refractivity contribution is 0.0711. The Morgan fingerprint density at radius 3 is 2.53 bits per heavy atom. The summed E-state index contributed by atoms with van der Waals surface area (Å²) in [5.74, 6) is -0.221. The first-order chi connectivity index (χ1) is 17.3. The van der Waals surface area contributed by atoms with Gasteiger partial charge in [-0.05, 0) is 24.5 Å². The molecule has 3 unspecified atom stereocenters. The van der Waals surface area contributed by atoms with Crippen molar-refractivity contribution < 1.29 is 14.6 Å². The number of methoxy groups -OCH3 is 1. The number of amides is 1. The fraction of sp³-hybridized carbons (Fsp3) is 0.400. The molecule has 0 fully saturated rings. The van der Waals surface area contributed by atoms with E-state index in [1.165, 1.54) is 10.9 Å². The number of aliphatic hydroxyl groups excluding tert-OH is 1. The third kappa shape index (κ3) is 7.41. The van der Waals surface area contributed by atoms with E-state index in [0.29, 0.717) is 12.1 Å². The second kappa shape index (κ2) is 12.9. The minimum Gasteiger partial charge on any atom is -0.387 e. The van der Waals surface area contributed by atoms with Crippen LogP contribution in [0.5, 0.6) is 0 Å². The number of nitrogen functional groups attached to an aromatic ring is 1. The van der Waals surface area contributed by atoms with E-state index < -0.39 is 12.1 Å². The highest BCUT2D eigenvalue weighted by Crippen LogP contribution is 2.26. The number of aliphatic imine (C=N–C) groups is 1. The van der Waals surface area contributed by atoms with E-state index in [-0.39, 0.29) is 30.4 Å². The fourth-order valence-corrected chi connectivity index (χ4v) is 3.63. The first kappa shape index (κ1) is 26.9. The van der Waals surface area contributed by atoms with Gasteiger partial charge in [-0.3, -0.25) is 14.8 Å². The Morgan fingerprint density at radius 1 is 1.19 bits per heavy atom. The summed E-state index contributed by atoms with van der Waals surface area (Å²) >= 11 is 0. The van der Waals surface area contributed by atoms with Gasteiger partial charge in [0.2, 0.25) is 5.95 Å². The molecule has 11 heteroatoms.